The normalized spacial score (nSPS) is 10.6. The van der Waals surface area contributed by atoms with Gasteiger partial charge in [0.1, 0.15) is 0 Å². The van der Waals surface area contributed by atoms with Crippen molar-refractivity contribution in [2.45, 2.75) is 12.8 Å². The highest BCUT2D eigenvalue weighted by molar-refractivity contribution is 9.10. The van der Waals surface area contributed by atoms with Gasteiger partial charge in [-0.05, 0) is 30.3 Å². The van der Waals surface area contributed by atoms with Gasteiger partial charge in [-0.1, -0.05) is 45.7 Å². The summed E-state index contributed by atoms with van der Waals surface area (Å²) in [6.45, 7) is 0. The Morgan fingerprint density at radius 3 is 2.42 bits per heavy atom. The summed E-state index contributed by atoms with van der Waals surface area (Å²) < 4.78 is 0.927. The summed E-state index contributed by atoms with van der Waals surface area (Å²) in [5, 5.41) is 7.09. The lowest BCUT2D eigenvalue weighted by molar-refractivity contribution is -0.124. The average Bonchev–Trinajstić information content (AvgIpc) is 2.57. The number of rotatable bonds is 6. The highest BCUT2D eigenvalue weighted by Crippen LogP contribution is 2.14. The molecule has 0 bridgehead atoms. The van der Waals surface area contributed by atoms with Crippen LogP contribution in [0.1, 0.15) is 18.4 Å². The SMILES string of the molecule is O=C(CCC(=O)Nc1ccc(Br)cc1)NN=Cc1ccccc1Cl. The minimum atomic E-state index is -0.343. The van der Waals surface area contributed by atoms with Crippen LogP contribution >= 0.6 is 27.5 Å². The second kappa shape index (κ2) is 9.20. The summed E-state index contributed by atoms with van der Waals surface area (Å²) in [5.74, 6) is -0.577. The summed E-state index contributed by atoms with van der Waals surface area (Å²) in [6, 6.07) is 14.3. The fourth-order valence-corrected chi connectivity index (χ4v) is 2.24. The number of nitrogens with one attached hydrogen (secondary N) is 2. The van der Waals surface area contributed by atoms with E-state index in [0.717, 1.165) is 4.47 Å². The Morgan fingerprint density at radius 1 is 1.04 bits per heavy atom. The Labute approximate surface area is 153 Å². The third-order valence-corrected chi connectivity index (χ3v) is 3.88. The molecule has 0 unspecified atom stereocenters. The Balaban J connectivity index is 1.73. The van der Waals surface area contributed by atoms with Gasteiger partial charge in [0, 0.05) is 33.6 Å². The smallest absolute Gasteiger partial charge is 0.240 e. The molecule has 0 heterocycles. The van der Waals surface area contributed by atoms with Gasteiger partial charge >= 0.3 is 0 Å². The predicted octanol–water partition coefficient (Wildman–Crippen LogP) is 3.97. The molecule has 2 N–H and O–H groups in total. The number of carbonyl (C=O) groups excluding carboxylic acids is 2. The third kappa shape index (κ3) is 6.14. The minimum Gasteiger partial charge on any atom is -0.326 e. The maximum Gasteiger partial charge on any atom is 0.240 e. The zero-order chi connectivity index (χ0) is 17.4. The van der Waals surface area contributed by atoms with Crippen molar-refractivity contribution in [3.8, 4) is 0 Å². The molecular formula is C17H15BrClN3O2. The third-order valence-electron chi connectivity index (χ3n) is 3.01. The lowest BCUT2D eigenvalue weighted by atomic mass is 10.2. The molecule has 0 saturated heterocycles. The maximum absolute atomic E-state index is 11.8. The standard InChI is InChI=1S/C17H15BrClN3O2/c18-13-5-7-14(8-6-13)21-16(23)9-10-17(24)22-20-11-12-3-1-2-4-15(12)19/h1-8,11H,9-10H2,(H,21,23)(H,22,24). The number of amides is 2. The van der Waals surface area contributed by atoms with Gasteiger partial charge in [-0.3, -0.25) is 9.59 Å². The molecule has 0 atom stereocenters. The molecule has 5 nitrogen and oxygen atoms in total. The molecule has 0 aromatic heterocycles. The van der Waals surface area contributed by atoms with Crippen LogP contribution in [0.5, 0.6) is 0 Å². The van der Waals surface area contributed by atoms with Crippen molar-refractivity contribution in [3.63, 3.8) is 0 Å². The minimum absolute atomic E-state index is 0.0439. The van der Waals surface area contributed by atoms with Crippen molar-refractivity contribution in [3.05, 3.63) is 63.6 Å². The summed E-state index contributed by atoms with van der Waals surface area (Å²) >= 11 is 9.29. The van der Waals surface area contributed by atoms with Crippen LogP contribution in [0.2, 0.25) is 5.02 Å². The summed E-state index contributed by atoms with van der Waals surface area (Å²) in [7, 11) is 0. The second-order valence-electron chi connectivity index (χ2n) is 4.87. The van der Waals surface area contributed by atoms with Gasteiger partial charge in [0.05, 0.1) is 6.21 Å². The number of nitrogens with zero attached hydrogens (tertiary/aromatic N) is 1. The number of anilines is 1. The van der Waals surface area contributed by atoms with Crippen LogP contribution in [0.25, 0.3) is 0 Å². The van der Waals surface area contributed by atoms with Crippen molar-refractivity contribution in [1.82, 2.24) is 5.43 Å². The van der Waals surface area contributed by atoms with Crippen molar-refractivity contribution in [1.29, 1.82) is 0 Å². The Morgan fingerprint density at radius 2 is 1.71 bits per heavy atom. The van der Waals surface area contributed by atoms with Crippen LogP contribution in [0.4, 0.5) is 5.69 Å². The van der Waals surface area contributed by atoms with Crippen molar-refractivity contribution in [2.75, 3.05) is 5.32 Å². The first-order valence-electron chi connectivity index (χ1n) is 7.16. The van der Waals surface area contributed by atoms with E-state index in [1.165, 1.54) is 6.21 Å². The number of hydrogen-bond donors (Lipinski definition) is 2. The van der Waals surface area contributed by atoms with E-state index in [2.05, 4.69) is 31.8 Å². The Kier molecular flexibility index (Phi) is 6.96. The molecule has 0 saturated carbocycles. The molecule has 24 heavy (non-hydrogen) atoms. The molecule has 2 aromatic carbocycles. The molecule has 0 aliphatic heterocycles. The zero-order valence-corrected chi connectivity index (χ0v) is 15.0. The number of benzene rings is 2. The van der Waals surface area contributed by atoms with Crippen molar-refractivity contribution >= 4 is 51.2 Å². The van der Waals surface area contributed by atoms with Gasteiger partial charge in [0.15, 0.2) is 0 Å². The number of hydrazone groups is 1. The van der Waals surface area contributed by atoms with Gasteiger partial charge in [-0.2, -0.15) is 5.10 Å². The van der Waals surface area contributed by atoms with Gasteiger partial charge in [-0.15, -0.1) is 0 Å². The van der Waals surface area contributed by atoms with Crippen LogP contribution in [0.3, 0.4) is 0 Å². The molecule has 7 heteroatoms. The molecule has 0 aliphatic carbocycles. The highest BCUT2D eigenvalue weighted by Gasteiger charge is 2.06. The quantitative estimate of drug-likeness (QED) is 0.561. The molecule has 2 amide bonds. The Bertz CT molecular complexity index is 748. The molecule has 2 rings (SSSR count). The van der Waals surface area contributed by atoms with E-state index in [1.54, 1.807) is 24.3 Å². The summed E-state index contributed by atoms with van der Waals surface area (Å²) in [5.41, 5.74) is 3.75. The molecule has 2 aromatic rings. The molecule has 0 spiro atoms. The fourth-order valence-electron chi connectivity index (χ4n) is 1.79. The van der Waals surface area contributed by atoms with Gasteiger partial charge in [-0.25, -0.2) is 5.43 Å². The van der Waals surface area contributed by atoms with Crippen LogP contribution in [-0.2, 0) is 9.59 Å². The first-order valence-corrected chi connectivity index (χ1v) is 8.33. The lowest BCUT2D eigenvalue weighted by Crippen LogP contribution is -2.20. The second-order valence-corrected chi connectivity index (χ2v) is 6.19. The molecule has 124 valence electrons. The van der Waals surface area contributed by atoms with Crippen LogP contribution in [0.15, 0.2) is 58.1 Å². The maximum atomic E-state index is 11.8. The average molecular weight is 409 g/mol. The number of carbonyl (C=O) groups is 2. The first kappa shape index (κ1) is 18.2. The van der Waals surface area contributed by atoms with Crippen molar-refractivity contribution < 1.29 is 9.59 Å². The van der Waals surface area contributed by atoms with E-state index >= 15 is 0 Å². The fraction of sp³-hybridized carbons (Fsp3) is 0.118. The van der Waals surface area contributed by atoms with Crippen molar-refractivity contribution in [2.24, 2.45) is 5.10 Å². The lowest BCUT2D eigenvalue weighted by Gasteiger charge is -2.05. The number of hydrogen-bond acceptors (Lipinski definition) is 3. The zero-order valence-electron chi connectivity index (χ0n) is 12.6. The van der Waals surface area contributed by atoms with E-state index in [-0.39, 0.29) is 24.7 Å². The molecule has 0 fully saturated rings. The van der Waals surface area contributed by atoms with E-state index in [9.17, 15) is 9.59 Å². The first-order chi connectivity index (χ1) is 11.5. The highest BCUT2D eigenvalue weighted by atomic mass is 79.9. The number of halogens is 2. The molecular weight excluding hydrogens is 394 g/mol. The van der Waals surface area contributed by atoms with Crippen LogP contribution < -0.4 is 10.7 Å². The molecule has 0 radical (unpaired) electrons. The van der Waals surface area contributed by atoms with E-state index in [1.807, 2.05) is 24.3 Å². The van der Waals surface area contributed by atoms with Crippen LogP contribution in [0, 0.1) is 0 Å². The summed E-state index contributed by atoms with van der Waals surface area (Å²) in [4.78, 5) is 23.5. The van der Waals surface area contributed by atoms with Gasteiger partial charge < -0.3 is 5.32 Å². The summed E-state index contributed by atoms with van der Waals surface area (Å²) in [6.07, 6.45) is 1.58. The van der Waals surface area contributed by atoms with E-state index in [4.69, 9.17) is 11.6 Å². The Hall–Kier alpha value is -2.18. The molecule has 0 aliphatic rings. The van der Waals surface area contributed by atoms with Crippen LogP contribution in [-0.4, -0.2) is 18.0 Å². The largest absolute Gasteiger partial charge is 0.326 e. The van der Waals surface area contributed by atoms with E-state index in [0.29, 0.717) is 16.3 Å². The van der Waals surface area contributed by atoms with E-state index < -0.39 is 0 Å². The monoisotopic (exact) mass is 407 g/mol. The van der Waals surface area contributed by atoms with Gasteiger partial charge in [0.25, 0.3) is 0 Å². The predicted molar refractivity (Wildman–Crippen MR) is 99.2 cm³/mol. The topological polar surface area (TPSA) is 70.6 Å². The van der Waals surface area contributed by atoms with Gasteiger partial charge in [0.2, 0.25) is 11.8 Å².